The molecular formula is C24H38O15. The fourth-order valence-electron chi connectivity index (χ4n) is 4.21. The van der Waals surface area contributed by atoms with Gasteiger partial charge in [-0.2, -0.15) is 0 Å². The van der Waals surface area contributed by atoms with E-state index in [1.807, 2.05) is 6.92 Å². The number of carbonyl (C=O) groups is 4. The van der Waals surface area contributed by atoms with E-state index in [9.17, 15) is 34.5 Å². The summed E-state index contributed by atoms with van der Waals surface area (Å²) in [5, 5.41) is 30.7. The number of hydrogen-bond donors (Lipinski definition) is 3. The Morgan fingerprint density at radius 2 is 1.33 bits per heavy atom. The maximum Gasteiger partial charge on any atom is 0.303 e. The Morgan fingerprint density at radius 1 is 0.744 bits per heavy atom. The van der Waals surface area contributed by atoms with Crippen LogP contribution in [0.3, 0.4) is 0 Å². The highest BCUT2D eigenvalue weighted by atomic mass is 16.8. The molecule has 3 N–H and O–H groups in total. The van der Waals surface area contributed by atoms with Crippen LogP contribution < -0.4 is 0 Å². The van der Waals surface area contributed by atoms with Crippen molar-refractivity contribution in [3.63, 3.8) is 0 Å². The monoisotopic (exact) mass is 566 g/mol. The molecular weight excluding hydrogens is 528 g/mol. The van der Waals surface area contributed by atoms with Gasteiger partial charge in [-0.1, -0.05) is 13.3 Å². The van der Waals surface area contributed by atoms with Gasteiger partial charge in [0.1, 0.15) is 31.0 Å². The summed E-state index contributed by atoms with van der Waals surface area (Å²) >= 11 is 0. The summed E-state index contributed by atoms with van der Waals surface area (Å²) < 4.78 is 44.1. The van der Waals surface area contributed by atoms with Gasteiger partial charge in [0.25, 0.3) is 0 Å². The van der Waals surface area contributed by atoms with Gasteiger partial charge in [0.05, 0.1) is 6.61 Å². The molecule has 15 heteroatoms. The molecule has 2 aliphatic heterocycles. The molecule has 0 amide bonds. The Labute approximate surface area is 225 Å². The van der Waals surface area contributed by atoms with E-state index in [0.717, 1.165) is 34.1 Å². The van der Waals surface area contributed by atoms with E-state index in [1.165, 1.54) is 0 Å². The van der Waals surface area contributed by atoms with Gasteiger partial charge < -0.3 is 53.2 Å². The van der Waals surface area contributed by atoms with Crippen LogP contribution in [-0.2, 0) is 57.1 Å². The summed E-state index contributed by atoms with van der Waals surface area (Å²) in [6.07, 6.45) is -13.2. The highest BCUT2D eigenvalue weighted by Gasteiger charge is 2.55. The zero-order valence-corrected chi connectivity index (χ0v) is 22.5. The van der Waals surface area contributed by atoms with Crippen molar-refractivity contribution in [3.8, 4) is 0 Å². The van der Waals surface area contributed by atoms with Crippen molar-refractivity contribution >= 4 is 23.9 Å². The lowest BCUT2D eigenvalue weighted by atomic mass is 9.96. The second-order valence-electron chi connectivity index (χ2n) is 9.10. The molecule has 2 saturated heterocycles. The van der Waals surface area contributed by atoms with Crippen LogP contribution in [0.15, 0.2) is 0 Å². The van der Waals surface area contributed by atoms with Crippen LogP contribution in [0.4, 0.5) is 0 Å². The van der Waals surface area contributed by atoms with E-state index < -0.39 is 98.5 Å². The van der Waals surface area contributed by atoms with E-state index in [4.69, 9.17) is 37.9 Å². The highest BCUT2D eigenvalue weighted by molar-refractivity contribution is 5.67. The molecule has 39 heavy (non-hydrogen) atoms. The van der Waals surface area contributed by atoms with Crippen LogP contribution in [0.2, 0.25) is 0 Å². The highest BCUT2D eigenvalue weighted by Crippen LogP contribution is 2.33. The van der Waals surface area contributed by atoms with Crippen molar-refractivity contribution in [3.05, 3.63) is 0 Å². The van der Waals surface area contributed by atoms with Gasteiger partial charge in [0.15, 0.2) is 37.0 Å². The Bertz CT molecular complexity index is 834. The Morgan fingerprint density at radius 3 is 1.87 bits per heavy atom. The summed E-state index contributed by atoms with van der Waals surface area (Å²) in [5.74, 6) is -2.99. The molecule has 15 nitrogen and oxygen atoms in total. The van der Waals surface area contributed by atoms with Crippen LogP contribution in [0.5, 0.6) is 0 Å². The molecule has 2 fully saturated rings. The summed E-state index contributed by atoms with van der Waals surface area (Å²) in [6.45, 7) is 5.43. The van der Waals surface area contributed by atoms with E-state index in [0.29, 0.717) is 6.42 Å². The third kappa shape index (κ3) is 9.34. The van der Waals surface area contributed by atoms with Gasteiger partial charge in [-0.05, 0) is 6.42 Å². The Hall–Kier alpha value is -2.40. The number of unbranched alkanes of at least 4 members (excludes halogenated alkanes) is 1. The molecule has 0 saturated carbocycles. The minimum Gasteiger partial charge on any atom is -0.463 e. The number of esters is 4. The van der Waals surface area contributed by atoms with E-state index in [1.54, 1.807) is 0 Å². The molecule has 0 bridgehead atoms. The molecule has 2 aliphatic rings. The lowest BCUT2D eigenvalue weighted by Gasteiger charge is -2.47. The first-order valence-corrected chi connectivity index (χ1v) is 12.6. The molecule has 224 valence electrons. The summed E-state index contributed by atoms with van der Waals surface area (Å²) in [6, 6.07) is 0. The number of hydrogen-bond acceptors (Lipinski definition) is 15. The summed E-state index contributed by atoms with van der Waals surface area (Å²) in [5.41, 5.74) is 0. The smallest absolute Gasteiger partial charge is 0.303 e. The lowest BCUT2D eigenvalue weighted by molar-refractivity contribution is -0.365. The van der Waals surface area contributed by atoms with Crippen LogP contribution in [0.1, 0.15) is 47.5 Å². The summed E-state index contributed by atoms with van der Waals surface area (Å²) in [4.78, 5) is 47.3. The second-order valence-corrected chi connectivity index (χ2v) is 9.10. The van der Waals surface area contributed by atoms with Crippen LogP contribution in [-0.4, -0.2) is 120 Å². The number of rotatable bonds is 12. The quantitative estimate of drug-likeness (QED) is 0.143. The van der Waals surface area contributed by atoms with Crippen molar-refractivity contribution in [2.75, 3.05) is 19.8 Å². The maximum atomic E-state index is 12.1. The van der Waals surface area contributed by atoms with Crippen molar-refractivity contribution in [1.29, 1.82) is 0 Å². The topological polar surface area (TPSA) is 203 Å². The third-order valence-corrected chi connectivity index (χ3v) is 5.86. The van der Waals surface area contributed by atoms with Gasteiger partial charge in [0.2, 0.25) is 0 Å². The number of ether oxygens (including phenoxy) is 8. The van der Waals surface area contributed by atoms with Crippen LogP contribution in [0, 0.1) is 0 Å². The zero-order chi connectivity index (χ0) is 29.3. The van der Waals surface area contributed by atoms with E-state index in [-0.39, 0.29) is 6.61 Å². The first kappa shape index (κ1) is 32.8. The average Bonchev–Trinajstić information content (AvgIpc) is 2.84. The Balaban J connectivity index is 2.49. The van der Waals surface area contributed by atoms with Gasteiger partial charge in [0, 0.05) is 34.3 Å². The van der Waals surface area contributed by atoms with Crippen molar-refractivity contribution in [2.45, 2.75) is 109 Å². The molecule has 0 aromatic heterocycles. The van der Waals surface area contributed by atoms with Crippen molar-refractivity contribution < 1.29 is 72.4 Å². The number of aliphatic hydroxyl groups is 3. The number of carbonyl (C=O) groups excluding carboxylic acids is 4. The molecule has 2 heterocycles. The minimum absolute atomic E-state index is 0.159. The van der Waals surface area contributed by atoms with Crippen LogP contribution in [0.25, 0.3) is 0 Å². The molecule has 0 unspecified atom stereocenters. The Kier molecular flexibility index (Phi) is 13.0. The molecule has 0 spiro atoms. The largest absolute Gasteiger partial charge is 0.463 e. The van der Waals surface area contributed by atoms with Gasteiger partial charge >= 0.3 is 23.9 Å². The molecule has 0 aromatic rings. The molecule has 0 aliphatic carbocycles. The van der Waals surface area contributed by atoms with E-state index >= 15 is 0 Å². The summed E-state index contributed by atoms with van der Waals surface area (Å²) in [7, 11) is 0. The standard InChI is InChI=1S/C24H38O15/c1-6-7-8-32-20-18(34-12(3)27)16(10-33-11(2)26)38-24(22(20)36-14(5)29)39-21-19(35-13(4)28)17(30)15(9-25)37-23(21)31/h15-25,30-31H,6-10H2,1-5H3/t15-,16+,17+,18+,19-,20-,21-,22-,23-,24+/m0/s1. The van der Waals surface area contributed by atoms with Crippen LogP contribution >= 0.6 is 0 Å². The maximum absolute atomic E-state index is 12.1. The van der Waals surface area contributed by atoms with Gasteiger partial charge in [-0.15, -0.1) is 0 Å². The predicted octanol–water partition coefficient (Wildman–Crippen LogP) is -1.29. The van der Waals surface area contributed by atoms with E-state index in [2.05, 4.69) is 0 Å². The first-order chi connectivity index (χ1) is 18.4. The molecule has 2 rings (SSSR count). The molecule has 0 radical (unpaired) electrons. The van der Waals surface area contributed by atoms with Gasteiger partial charge in [-0.3, -0.25) is 19.2 Å². The predicted molar refractivity (Wildman–Crippen MR) is 125 cm³/mol. The van der Waals surface area contributed by atoms with Crippen molar-refractivity contribution in [2.24, 2.45) is 0 Å². The average molecular weight is 567 g/mol. The van der Waals surface area contributed by atoms with Gasteiger partial charge in [-0.25, -0.2) is 0 Å². The number of aliphatic hydroxyl groups excluding tert-OH is 3. The normalized spacial score (nSPS) is 34.6. The fourth-order valence-corrected chi connectivity index (χ4v) is 4.21. The van der Waals surface area contributed by atoms with Crippen molar-refractivity contribution in [1.82, 2.24) is 0 Å². The SMILES string of the molecule is CCCCO[C@@H]1[C@H](OC(C)=O)[C@@H](O[C@H]2[C@@H](OC(C)=O)[C@H](O)[C@H](CO)O[C@@H]2O)O[C@H](COC(C)=O)[C@H]1OC(C)=O. The lowest BCUT2D eigenvalue weighted by Crippen LogP contribution is -2.66. The fraction of sp³-hybridized carbons (Fsp3) is 0.833. The minimum atomic E-state index is -1.84. The molecule has 10 atom stereocenters. The molecule has 0 aromatic carbocycles. The first-order valence-electron chi connectivity index (χ1n) is 12.6. The second kappa shape index (κ2) is 15.4. The zero-order valence-electron chi connectivity index (χ0n) is 22.5. The third-order valence-electron chi connectivity index (χ3n) is 5.86.